The summed E-state index contributed by atoms with van der Waals surface area (Å²) in [6, 6.07) is 35.0. The van der Waals surface area contributed by atoms with Gasteiger partial charge in [0.2, 0.25) is 0 Å². The van der Waals surface area contributed by atoms with E-state index in [1.807, 2.05) is 123 Å². The summed E-state index contributed by atoms with van der Waals surface area (Å²) < 4.78 is 11.7. The number of hydrogen-bond acceptors (Lipinski definition) is 10. The molecule has 0 aliphatic carbocycles. The van der Waals surface area contributed by atoms with Gasteiger partial charge in [-0.15, -0.1) is 0 Å². The summed E-state index contributed by atoms with van der Waals surface area (Å²) in [6.45, 7) is 6.48. The topological polar surface area (TPSA) is 109 Å². The van der Waals surface area contributed by atoms with Crippen LogP contribution in [0.3, 0.4) is 0 Å². The Morgan fingerprint density at radius 2 is 0.918 bits per heavy atom. The van der Waals surface area contributed by atoms with E-state index in [9.17, 15) is 9.59 Å². The fraction of sp³-hybridized carbons (Fsp3) is 0.333. The van der Waals surface area contributed by atoms with Crippen molar-refractivity contribution in [1.29, 1.82) is 0 Å². The zero-order chi connectivity index (χ0) is 34.0. The number of azo groups is 2. The summed E-state index contributed by atoms with van der Waals surface area (Å²) in [4.78, 5) is 30.4. The maximum Gasteiger partial charge on any atom is 0.309 e. The summed E-state index contributed by atoms with van der Waals surface area (Å²) >= 11 is 0. The molecule has 0 aromatic heterocycles. The molecule has 0 amide bonds. The van der Waals surface area contributed by atoms with Crippen molar-refractivity contribution in [3.8, 4) is 0 Å². The van der Waals surface area contributed by atoms with Crippen LogP contribution < -0.4 is 9.80 Å². The van der Waals surface area contributed by atoms with E-state index in [0.29, 0.717) is 19.5 Å². The van der Waals surface area contributed by atoms with Gasteiger partial charge >= 0.3 is 11.9 Å². The molecule has 0 spiro atoms. The Hall–Kier alpha value is -5.38. The first-order chi connectivity index (χ1) is 23.9. The number of rotatable bonds is 12. The van der Waals surface area contributed by atoms with Crippen LogP contribution in [0.1, 0.15) is 33.1 Å². The van der Waals surface area contributed by atoms with E-state index in [1.54, 1.807) is 0 Å². The predicted octanol–water partition coefficient (Wildman–Crippen LogP) is 9.12. The van der Waals surface area contributed by atoms with Crippen LogP contribution in [0.5, 0.6) is 0 Å². The average molecular weight is 659 g/mol. The number of nitrogens with zero attached hydrogens (tertiary/aromatic N) is 6. The van der Waals surface area contributed by atoms with Crippen LogP contribution in [0.15, 0.2) is 130 Å². The van der Waals surface area contributed by atoms with Crippen LogP contribution in [-0.2, 0) is 19.1 Å². The van der Waals surface area contributed by atoms with Gasteiger partial charge in [-0.3, -0.25) is 9.59 Å². The lowest BCUT2D eigenvalue weighted by Crippen LogP contribution is -2.30. The normalized spacial score (nSPS) is 19.0. The maximum absolute atomic E-state index is 13.0. The zero-order valence-electron chi connectivity index (χ0n) is 28.0. The third-order valence-electron chi connectivity index (χ3n) is 8.87. The maximum atomic E-state index is 13.0. The van der Waals surface area contributed by atoms with Crippen molar-refractivity contribution in [3.63, 3.8) is 0 Å². The Morgan fingerprint density at radius 1 is 0.571 bits per heavy atom. The number of carbonyl (C=O) groups excluding carboxylic acids is 2. The molecule has 0 radical (unpaired) electrons. The molecule has 10 heteroatoms. The van der Waals surface area contributed by atoms with E-state index in [2.05, 4.69) is 30.3 Å². The third-order valence-corrected chi connectivity index (χ3v) is 8.87. The fourth-order valence-corrected chi connectivity index (χ4v) is 6.08. The largest absolute Gasteiger partial charge is 0.460 e. The minimum absolute atomic E-state index is 0.194. The molecule has 0 unspecified atom stereocenters. The Morgan fingerprint density at radius 3 is 1.29 bits per heavy atom. The molecule has 2 heterocycles. The van der Waals surface area contributed by atoms with E-state index in [0.717, 1.165) is 60.1 Å². The Labute approximate surface area is 287 Å². The number of hydrogen-bond donors (Lipinski definition) is 0. The molecule has 10 nitrogen and oxygen atoms in total. The molecule has 0 bridgehead atoms. The first kappa shape index (κ1) is 33.5. The standard InChI is InChI=1S/C39H42N6O4/c1-28(38(46)48-36-21-23-44(26-36)34-17-13-32(14-18-34)42-40-30-9-5-3-6-10-30)25-29(2)39(47)49-37-22-24-45(27-37)35-19-15-33(16-20-35)43-41-31-11-7-4-8-12-31/h3-20,28-29,36-37H,21-27H2,1-2H3/t28-,29+,36-,37-/m0/s1. The summed E-state index contributed by atoms with van der Waals surface area (Å²) in [6.07, 6.45) is 1.50. The van der Waals surface area contributed by atoms with Crippen molar-refractivity contribution in [1.82, 2.24) is 0 Å². The number of ether oxygens (including phenoxy) is 2. The van der Waals surface area contributed by atoms with Crippen molar-refractivity contribution in [2.45, 2.75) is 45.3 Å². The lowest BCUT2D eigenvalue weighted by atomic mass is 9.97. The smallest absolute Gasteiger partial charge is 0.309 e. The third kappa shape index (κ3) is 9.37. The highest BCUT2D eigenvalue weighted by Crippen LogP contribution is 2.28. The molecule has 2 fully saturated rings. The quantitative estimate of drug-likeness (QED) is 0.111. The molecule has 0 saturated carbocycles. The first-order valence-corrected chi connectivity index (χ1v) is 16.9. The number of esters is 2. The molecular formula is C39H42N6O4. The van der Waals surface area contributed by atoms with Crippen molar-refractivity contribution >= 4 is 46.1 Å². The molecule has 0 N–H and O–H groups in total. The van der Waals surface area contributed by atoms with Gasteiger partial charge in [-0.25, -0.2) is 0 Å². The molecule has 4 aromatic carbocycles. The van der Waals surface area contributed by atoms with E-state index in [-0.39, 0.29) is 24.1 Å². The average Bonchev–Trinajstić information content (AvgIpc) is 3.81. The molecule has 2 aliphatic heterocycles. The van der Waals surface area contributed by atoms with Gasteiger partial charge in [0.15, 0.2) is 0 Å². The van der Waals surface area contributed by atoms with E-state index in [1.165, 1.54) is 0 Å². The highest BCUT2D eigenvalue weighted by molar-refractivity contribution is 5.76. The molecule has 49 heavy (non-hydrogen) atoms. The molecule has 4 atom stereocenters. The van der Waals surface area contributed by atoms with Crippen LogP contribution >= 0.6 is 0 Å². The fourth-order valence-electron chi connectivity index (χ4n) is 6.08. The van der Waals surface area contributed by atoms with Crippen LogP contribution in [-0.4, -0.2) is 50.3 Å². The number of benzene rings is 4. The summed E-state index contributed by atoms with van der Waals surface area (Å²) in [5, 5.41) is 17.2. The zero-order valence-corrected chi connectivity index (χ0v) is 28.0. The second-order valence-corrected chi connectivity index (χ2v) is 12.7. The number of anilines is 2. The van der Waals surface area contributed by atoms with Gasteiger partial charge in [0, 0.05) is 37.3 Å². The van der Waals surface area contributed by atoms with Crippen LogP contribution in [0.25, 0.3) is 0 Å². The van der Waals surface area contributed by atoms with Crippen molar-refractivity contribution < 1.29 is 19.1 Å². The summed E-state index contributed by atoms with van der Waals surface area (Å²) in [5.41, 5.74) is 5.26. The molecule has 2 saturated heterocycles. The lowest BCUT2D eigenvalue weighted by Gasteiger charge is -2.22. The van der Waals surface area contributed by atoms with Gasteiger partial charge in [-0.2, -0.15) is 20.5 Å². The van der Waals surface area contributed by atoms with Gasteiger partial charge in [-0.05, 0) is 79.2 Å². The minimum atomic E-state index is -0.413. The molecule has 2 aliphatic rings. The van der Waals surface area contributed by atoms with Gasteiger partial charge in [-0.1, -0.05) is 50.2 Å². The van der Waals surface area contributed by atoms with Gasteiger partial charge in [0.05, 0.1) is 47.7 Å². The Balaban J connectivity index is 0.907. The highest BCUT2D eigenvalue weighted by atomic mass is 16.5. The summed E-state index contributed by atoms with van der Waals surface area (Å²) in [5.74, 6) is -1.38. The molecule has 6 rings (SSSR count). The monoisotopic (exact) mass is 658 g/mol. The second kappa shape index (κ2) is 16.1. The Kier molecular flexibility index (Phi) is 11.0. The van der Waals surface area contributed by atoms with Crippen molar-refractivity contribution in [2.75, 3.05) is 36.0 Å². The minimum Gasteiger partial charge on any atom is -0.460 e. The SMILES string of the molecule is C[C@H](C[C@H](C)C(=O)O[C@H]1CCN(c2ccc(N=Nc3ccccc3)cc2)C1)C(=O)O[C@H]1CCN(c2ccc(N=Nc3ccccc3)cc2)C1. The van der Waals surface area contributed by atoms with Gasteiger partial charge < -0.3 is 19.3 Å². The summed E-state index contributed by atoms with van der Waals surface area (Å²) in [7, 11) is 0. The lowest BCUT2D eigenvalue weighted by molar-refractivity contribution is -0.156. The van der Waals surface area contributed by atoms with Crippen molar-refractivity contribution in [2.24, 2.45) is 32.3 Å². The van der Waals surface area contributed by atoms with Crippen LogP contribution in [0.4, 0.5) is 34.1 Å². The predicted molar refractivity (Wildman–Crippen MR) is 190 cm³/mol. The van der Waals surface area contributed by atoms with Gasteiger partial charge in [0.25, 0.3) is 0 Å². The molecule has 4 aromatic rings. The van der Waals surface area contributed by atoms with Crippen molar-refractivity contribution in [3.05, 3.63) is 109 Å². The van der Waals surface area contributed by atoms with Gasteiger partial charge in [0.1, 0.15) is 12.2 Å². The van der Waals surface area contributed by atoms with Crippen LogP contribution in [0, 0.1) is 11.8 Å². The number of carbonyl (C=O) groups is 2. The highest BCUT2D eigenvalue weighted by Gasteiger charge is 2.31. The first-order valence-electron chi connectivity index (χ1n) is 16.9. The Bertz CT molecular complexity index is 1600. The second-order valence-electron chi connectivity index (χ2n) is 12.7. The molecular weight excluding hydrogens is 616 g/mol. The molecule has 252 valence electrons. The van der Waals surface area contributed by atoms with E-state index in [4.69, 9.17) is 9.47 Å². The van der Waals surface area contributed by atoms with E-state index < -0.39 is 11.8 Å². The van der Waals surface area contributed by atoms with Crippen LogP contribution in [0.2, 0.25) is 0 Å². The van der Waals surface area contributed by atoms with E-state index >= 15 is 0 Å².